The third kappa shape index (κ3) is 2.88. The Kier molecular flexibility index (Phi) is 4.14. The zero-order valence-corrected chi connectivity index (χ0v) is 9.56. The molecule has 0 aromatic rings. The van der Waals surface area contributed by atoms with Gasteiger partial charge in [0.25, 0.3) is 0 Å². The van der Waals surface area contributed by atoms with E-state index in [1.165, 1.54) is 43.6 Å². The van der Waals surface area contributed by atoms with E-state index >= 15 is 0 Å². The van der Waals surface area contributed by atoms with Crippen LogP contribution in [0.15, 0.2) is 0 Å². The quantitative estimate of drug-likeness (QED) is 0.736. The molecule has 1 saturated heterocycles. The first-order valence-corrected chi connectivity index (χ1v) is 7.03. The van der Waals surface area contributed by atoms with Crippen LogP contribution in [0, 0.1) is 0 Å². The van der Waals surface area contributed by atoms with Crippen molar-refractivity contribution in [2.45, 2.75) is 56.7 Å². The molecule has 0 aromatic carbocycles. The lowest BCUT2D eigenvalue weighted by Crippen LogP contribution is -2.48. The van der Waals surface area contributed by atoms with Gasteiger partial charge in [-0.15, -0.1) is 0 Å². The number of aliphatic hydroxyl groups excluding tert-OH is 1. The molecule has 3 heteroatoms. The normalized spacial score (nSPS) is 39.6. The molecule has 0 aromatic heterocycles. The highest BCUT2D eigenvalue weighted by atomic mass is 32.2. The summed E-state index contributed by atoms with van der Waals surface area (Å²) in [5, 5.41) is 13.5. The van der Waals surface area contributed by atoms with Crippen molar-refractivity contribution in [3.63, 3.8) is 0 Å². The lowest BCUT2D eigenvalue weighted by molar-refractivity contribution is 0.0855. The minimum Gasteiger partial charge on any atom is -0.392 e. The number of hydrogen-bond donors (Lipinski definition) is 2. The van der Waals surface area contributed by atoms with Gasteiger partial charge in [-0.05, 0) is 31.4 Å². The van der Waals surface area contributed by atoms with Gasteiger partial charge in [0.2, 0.25) is 0 Å². The highest BCUT2D eigenvalue weighted by Crippen LogP contribution is 2.22. The Balaban J connectivity index is 1.76. The average Bonchev–Trinajstić information content (AvgIpc) is 2.23. The lowest BCUT2D eigenvalue weighted by atomic mass is 9.92. The number of hydrogen-bond acceptors (Lipinski definition) is 3. The number of aliphatic hydroxyl groups is 1. The second-order valence-corrected chi connectivity index (χ2v) is 5.69. The van der Waals surface area contributed by atoms with Gasteiger partial charge in [-0.3, -0.25) is 0 Å². The third-order valence-corrected chi connectivity index (χ3v) is 4.55. The van der Waals surface area contributed by atoms with Crippen LogP contribution in [0.25, 0.3) is 0 Å². The van der Waals surface area contributed by atoms with Crippen LogP contribution in [0.3, 0.4) is 0 Å². The third-order valence-electron chi connectivity index (χ3n) is 3.34. The monoisotopic (exact) mass is 215 g/mol. The molecule has 82 valence electrons. The molecule has 2 aliphatic rings. The maximum Gasteiger partial charge on any atom is 0.0693 e. The second kappa shape index (κ2) is 5.38. The molecule has 0 bridgehead atoms. The number of nitrogens with one attached hydrogen (secondary N) is 1. The predicted octanol–water partition coefficient (Wildman–Crippen LogP) is 1.78. The van der Waals surface area contributed by atoms with E-state index in [-0.39, 0.29) is 6.10 Å². The smallest absolute Gasteiger partial charge is 0.0693 e. The second-order valence-electron chi connectivity index (χ2n) is 4.54. The Morgan fingerprint density at radius 3 is 2.64 bits per heavy atom. The van der Waals surface area contributed by atoms with Gasteiger partial charge in [0, 0.05) is 17.8 Å². The Bertz CT molecular complexity index is 171. The maximum atomic E-state index is 9.83. The molecule has 14 heavy (non-hydrogen) atoms. The predicted molar refractivity (Wildman–Crippen MR) is 61.7 cm³/mol. The molecular weight excluding hydrogens is 194 g/mol. The molecular formula is C11H21NOS. The Labute approximate surface area is 90.8 Å². The fourth-order valence-corrected chi connectivity index (χ4v) is 3.57. The van der Waals surface area contributed by atoms with Crippen LogP contribution in [0.4, 0.5) is 0 Å². The summed E-state index contributed by atoms with van der Waals surface area (Å²) in [5.41, 5.74) is 0. The molecule has 1 heterocycles. The molecule has 1 aliphatic heterocycles. The van der Waals surface area contributed by atoms with E-state index in [0.29, 0.717) is 12.1 Å². The topological polar surface area (TPSA) is 32.3 Å². The van der Waals surface area contributed by atoms with E-state index in [1.807, 2.05) is 11.8 Å². The summed E-state index contributed by atoms with van der Waals surface area (Å²) in [6.45, 7) is 0. The van der Waals surface area contributed by atoms with E-state index in [2.05, 4.69) is 5.32 Å². The first-order chi connectivity index (χ1) is 6.86. The Morgan fingerprint density at radius 2 is 1.93 bits per heavy atom. The van der Waals surface area contributed by atoms with Crippen LogP contribution in [-0.4, -0.2) is 34.8 Å². The zero-order valence-electron chi connectivity index (χ0n) is 8.74. The molecule has 2 nitrogen and oxygen atoms in total. The fraction of sp³-hybridized carbons (Fsp3) is 1.00. The van der Waals surface area contributed by atoms with E-state index in [1.54, 1.807) is 0 Å². The molecule has 0 unspecified atom stereocenters. The van der Waals surface area contributed by atoms with Crippen LogP contribution in [0.1, 0.15) is 38.5 Å². The minimum absolute atomic E-state index is 0.0873. The summed E-state index contributed by atoms with van der Waals surface area (Å²) in [6.07, 6.45) is 7.21. The van der Waals surface area contributed by atoms with Crippen molar-refractivity contribution in [2.24, 2.45) is 0 Å². The first-order valence-electron chi connectivity index (χ1n) is 5.88. The molecule has 1 saturated carbocycles. The van der Waals surface area contributed by atoms with Crippen LogP contribution in [0.2, 0.25) is 0 Å². The molecule has 3 atom stereocenters. The van der Waals surface area contributed by atoms with Gasteiger partial charge in [0.1, 0.15) is 0 Å². The van der Waals surface area contributed by atoms with Gasteiger partial charge in [-0.2, -0.15) is 11.8 Å². The van der Waals surface area contributed by atoms with Crippen LogP contribution in [-0.2, 0) is 0 Å². The van der Waals surface area contributed by atoms with Gasteiger partial charge < -0.3 is 10.4 Å². The van der Waals surface area contributed by atoms with Gasteiger partial charge >= 0.3 is 0 Å². The van der Waals surface area contributed by atoms with Crippen LogP contribution < -0.4 is 5.32 Å². The lowest BCUT2D eigenvalue weighted by Gasteiger charge is -2.33. The van der Waals surface area contributed by atoms with Crippen molar-refractivity contribution in [1.29, 1.82) is 0 Å². The summed E-state index contributed by atoms with van der Waals surface area (Å²) in [5.74, 6) is 2.56. The fourth-order valence-electron chi connectivity index (χ4n) is 2.48. The molecule has 0 radical (unpaired) electrons. The molecule has 0 amide bonds. The van der Waals surface area contributed by atoms with Crippen LogP contribution in [0.5, 0.6) is 0 Å². The molecule has 2 fully saturated rings. The highest BCUT2D eigenvalue weighted by molar-refractivity contribution is 7.99. The average molecular weight is 215 g/mol. The first kappa shape index (κ1) is 10.8. The van der Waals surface area contributed by atoms with Gasteiger partial charge in [0.05, 0.1) is 6.10 Å². The summed E-state index contributed by atoms with van der Waals surface area (Å²) in [7, 11) is 0. The van der Waals surface area contributed by atoms with Crippen molar-refractivity contribution in [2.75, 3.05) is 11.5 Å². The molecule has 0 spiro atoms. The highest BCUT2D eigenvalue weighted by Gasteiger charge is 2.25. The summed E-state index contributed by atoms with van der Waals surface area (Å²) >= 11 is 2.05. The molecule has 2 rings (SSSR count). The minimum atomic E-state index is -0.0873. The van der Waals surface area contributed by atoms with E-state index < -0.39 is 0 Å². The van der Waals surface area contributed by atoms with E-state index in [4.69, 9.17) is 0 Å². The van der Waals surface area contributed by atoms with E-state index in [0.717, 1.165) is 6.42 Å². The molecule has 1 aliphatic carbocycles. The van der Waals surface area contributed by atoms with Crippen LogP contribution >= 0.6 is 11.8 Å². The van der Waals surface area contributed by atoms with Gasteiger partial charge in [-0.1, -0.05) is 12.8 Å². The Morgan fingerprint density at radius 1 is 1.07 bits per heavy atom. The van der Waals surface area contributed by atoms with Crippen molar-refractivity contribution < 1.29 is 5.11 Å². The summed E-state index contributed by atoms with van der Waals surface area (Å²) in [6, 6.07) is 1.04. The van der Waals surface area contributed by atoms with Crippen molar-refractivity contribution in [3.05, 3.63) is 0 Å². The standard InChI is InChI=1S/C11H21NOS/c13-11-6-2-1-5-10(11)12-9-4-3-7-14-8-9/h9-13H,1-8H2/t9-,10-,11-/m1/s1. The Hall–Kier alpha value is 0.270. The van der Waals surface area contributed by atoms with Crippen molar-refractivity contribution in [1.82, 2.24) is 5.32 Å². The van der Waals surface area contributed by atoms with Gasteiger partial charge in [-0.25, -0.2) is 0 Å². The summed E-state index contributed by atoms with van der Waals surface area (Å²) < 4.78 is 0. The van der Waals surface area contributed by atoms with E-state index in [9.17, 15) is 5.11 Å². The maximum absolute atomic E-state index is 9.83. The number of rotatable bonds is 2. The zero-order chi connectivity index (χ0) is 9.80. The largest absolute Gasteiger partial charge is 0.392 e. The SMILES string of the molecule is O[C@@H]1CCCC[C@H]1N[C@@H]1CCCSC1. The molecule has 2 N–H and O–H groups in total. The number of thioether (sulfide) groups is 1. The summed E-state index contributed by atoms with van der Waals surface area (Å²) in [4.78, 5) is 0. The van der Waals surface area contributed by atoms with Crippen molar-refractivity contribution >= 4 is 11.8 Å². The van der Waals surface area contributed by atoms with Gasteiger partial charge in [0.15, 0.2) is 0 Å². The van der Waals surface area contributed by atoms with Crippen molar-refractivity contribution in [3.8, 4) is 0 Å².